The number of aromatic nitrogens is 1. The Morgan fingerprint density at radius 2 is 1.79 bits per heavy atom. The standard InChI is InChI=1S/C19H21N3O2/c1-2-14-3-5-16(6-4-14)22-18(23)13-17(19(22)24)21-12-9-15-7-10-20-11-8-15/h3-8,10-11,17,21H,2,9,12-13H2,1H3/p+1/t17-/m1/s1. The van der Waals surface area contributed by atoms with E-state index < -0.39 is 0 Å². The molecule has 2 amide bonds. The second kappa shape index (κ2) is 7.36. The van der Waals surface area contributed by atoms with Crippen molar-refractivity contribution in [2.75, 3.05) is 11.4 Å². The van der Waals surface area contributed by atoms with Crippen LogP contribution in [0.3, 0.4) is 0 Å². The van der Waals surface area contributed by atoms with E-state index in [1.807, 2.05) is 41.7 Å². The van der Waals surface area contributed by atoms with E-state index >= 15 is 0 Å². The number of aryl methyl sites for hydroxylation is 1. The summed E-state index contributed by atoms with van der Waals surface area (Å²) >= 11 is 0. The van der Waals surface area contributed by atoms with Gasteiger partial charge in [-0.25, -0.2) is 4.90 Å². The Hall–Kier alpha value is -2.53. The molecule has 0 unspecified atom stereocenters. The van der Waals surface area contributed by atoms with Gasteiger partial charge in [0.05, 0.1) is 18.7 Å². The molecule has 1 aliphatic heterocycles. The van der Waals surface area contributed by atoms with E-state index in [9.17, 15) is 9.59 Å². The molecule has 2 heterocycles. The van der Waals surface area contributed by atoms with Crippen molar-refractivity contribution in [1.82, 2.24) is 4.98 Å². The number of rotatable bonds is 6. The lowest BCUT2D eigenvalue weighted by Crippen LogP contribution is -2.92. The van der Waals surface area contributed by atoms with Crippen LogP contribution < -0.4 is 10.2 Å². The van der Waals surface area contributed by atoms with E-state index in [0.717, 1.165) is 19.4 Å². The summed E-state index contributed by atoms with van der Waals surface area (Å²) in [5.74, 6) is -0.228. The quantitative estimate of drug-likeness (QED) is 0.809. The maximum Gasteiger partial charge on any atom is 0.292 e. The van der Waals surface area contributed by atoms with Crippen LogP contribution in [0.5, 0.6) is 0 Å². The van der Waals surface area contributed by atoms with Gasteiger partial charge in [0, 0.05) is 18.8 Å². The zero-order chi connectivity index (χ0) is 16.9. The molecule has 2 aromatic rings. The topological polar surface area (TPSA) is 66.9 Å². The molecule has 124 valence electrons. The summed E-state index contributed by atoms with van der Waals surface area (Å²) in [4.78, 5) is 30.2. The summed E-state index contributed by atoms with van der Waals surface area (Å²) in [5, 5.41) is 1.97. The van der Waals surface area contributed by atoms with Crippen molar-refractivity contribution in [2.45, 2.75) is 32.2 Å². The summed E-state index contributed by atoms with van der Waals surface area (Å²) in [7, 11) is 0. The number of quaternary nitrogens is 1. The minimum Gasteiger partial charge on any atom is -0.335 e. The summed E-state index contributed by atoms with van der Waals surface area (Å²) in [6.07, 6.45) is 5.59. The fourth-order valence-corrected chi connectivity index (χ4v) is 2.99. The fourth-order valence-electron chi connectivity index (χ4n) is 2.99. The van der Waals surface area contributed by atoms with Crippen LogP contribution in [-0.4, -0.2) is 29.4 Å². The number of carbonyl (C=O) groups is 2. The van der Waals surface area contributed by atoms with Gasteiger partial charge in [-0.2, -0.15) is 0 Å². The molecule has 1 fully saturated rings. The van der Waals surface area contributed by atoms with Gasteiger partial charge in [0.1, 0.15) is 0 Å². The van der Waals surface area contributed by atoms with Gasteiger partial charge in [-0.05, 0) is 41.8 Å². The van der Waals surface area contributed by atoms with Crippen molar-refractivity contribution in [3.63, 3.8) is 0 Å². The van der Waals surface area contributed by atoms with Crippen molar-refractivity contribution < 1.29 is 14.9 Å². The van der Waals surface area contributed by atoms with Crippen molar-refractivity contribution in [3.8, 4) is 0 Å². The minimum atomic E-state index is -0.315. The number of nitrogens with two attached hydrogens (primary N) is 1. The minimum absolute atomic E-state index is 0.112. The normalized spacial score (nSPS) is 17.5. The highest BCUT2D eigenvalue weighted by Crippen LogP contribution is 2.22. The predicted octanol–water partition coefficient (Wildman–Crippen LogP) is 1.08. The van der Waals surface area contributed by atoms with Crippen LogP contribution in [0.25, 0.3) is 0 Å². The van der Waals surface area contributed by atoms with Crippen LogP contribution in [0, 0.1) is 0 Å². The average molecular weight is 324 g/mol. The summed E-state index contributed by atoms with van der Waals surface area (Å²) in [5.41, 5.74) is 3.05. The molecule has 24 heavy (non-hydrogen) atoms. The number of hydrogen-bond donors (Lipinski definition) is 1. The second-order valence-corrected chi connectivity index (χ2v) is 6.03. The van der Waals surface area contributed by atoms with E-state index in [1.54, 1.807) is 12.4 Å². The van der Waals surface area contributed by atoms with Gasteiger partial charge in [0.15, 0.2) is 6.04 Å². The Balaban J connectivity index is 1.61. The van der Waals surface area contributed by atoms with Crippen LogP contribution in [-0.2, 0) is 22.4 Å². The summed E-state index contributed by atoms with van der Waals surface area (Å²) in [6.45, 7) is 2.85. The molecule has 1 aromatic carbocycles. The van der Waals surface area contributed by atoms with Gasteiger partial charge in [-0.15, -0.1) is 0 Å². The lowest BCUT2D eigenvalue weighted by molar-refractivity contribution is -0.674. The Morgan fingerprint density at radius 3 is 2.46 bits per heavy atom. The smallest absolute Gasteiger partial charge is 0.292 e. The van der Waals surface area contributed by atoms with Gasteiger partial charge in [-0.3, -0.25) is 14.6 Å². The highest BCUT2D eigenvalue weighted by atomic mass is 16.2. The third kappa shape index (κ3) is 3.51. The molecular formula is C19H22N3O2+. The van der Waals surface area contributed by atoms with Crippen LogP contribution >= 0.6 is 0 Å². The van der Waals surface area contributed by atoms with Gasteiger partial charge in [0.25, 0.3) is 5.91 Å². The Labute approximate surface area is 141 Å². The summed E-state index contributed by atoms with van der Waals surface area (Å²) < 4.78 is 0. The largest absolute Gasteiger partial charge is 0.335 e. The first-order valence-corrected chi connectivity index (χ1v) is 8.37. The number of imide groups is 1. The average Bonchev–Trinajstić information content (AvgIpc) is 2.90. The highest BCUT2D eigenvalue weighted by Gasteiger charge is 2.41. The molecule has 1 atom stereocenters. The Morgan fingerprint density at radius 1 is 1.08 bits per heavy atom. The molecule has 3 rings (SSSR count). The monoisotopic (exact) mass is 324 g/mol. The molecule has 1 aliphatic rings. The SMILES string of the molecule is CCc1ccc(N2C(=O)C[C@@H]([NH2+]CCc3ccncc3)C2=O)cc1. The molecule has 1 saturated heterocycles. The third-order valence-electron chi connectivity index (χ3n) is 4.42. The van der Waals surface area contributed by atoms with E-state index in [1.165, 1.54) is 16.0 Å². The lowest BCUT2D eigenvalue weighted by atomic mass is 10.1. The van der Waals surface area contributed by atoms with Crippen molar-refractivity contribution in [1.29, 1.82) is 0 Å². The van der Waals surface area contributed by atoms with E-state index in [0.29, 0.717) is 5.69 Å². The number of nitrogens with zero attached hydrogens (tertiary/aromatic N) is 2. The summed E-state index contributed by atoms with van der Waals surface area (Å²) in [6, 6.07) is 11.3. The van der Waals surface area contributed by atoms with Crippen LogP contribution in [0.2, 0.25) is 0 Å². The first-order chi connectivity index (χ1) is 11.7. The number of amides is 2. The molecule has 5 heteroatoms. The molecule has 0 saturated carbocycles. The third-order valence-corrected chi connectivity index (χ3v) is 4.42. The number of benzene rings is 1. The number of anilines is 1. The van der Waals surface area contributed by atoms with Crippen LogP contribution in [0.1, 0.15) is 24.5 Å². The maximum atomic E-state index is 12.6. The fraction of sp³-hybridized carbons (Fsp3) is 0.316. The second-order valence-electron chi connectivity index (χ2n) is 6.03. The number of pyridine rings is 1. The Bertz CT molecular complexity index is 713. The molecule has 2 N–H and O–H groups in total. The van der Waals surface area contributed by atoms with Gasteiger partial charge < -0.3 is 5.32 Å². The Kier molecular flexibility index (Phi) is 5.01. The van der Waals surface area contributed by atoms with Gasteiger partial charge >= 0.3 is 0 Å². The highest BCUT2D eigenvalue weighted by molar-refractivity contribution is 6.21. The van der Waals surface area contributed by atoms with Gasteiger partial charge in [-0.1, -0.05) is 19.1 Å². The first-order valence-electron chi connectivity index (χ1n) is 8.37. The number of hydrogen-bond acceptors (Lipinski definition) is 3. The molecule has 1 aromatic heterocycles. The van der Waals surface area contributed by atoms with Crippen LogP contribution in [0.15, 0.2) is 48.8 Å². The molecule has 0 bridgehead atoms. The maximum absolute atomic E-state index is 12.6. The molecular weight excluding hydrogens is 302 g/mol. The van der Waals surface area contributed by atoms with Crippen molar-refractivity contribution in [3.05, 3.63) is 59.9 Å². The van der Waals surface area contributed by atoms with Crippen LogP contribution in [0.4, 0.5) is 5.69 Å². The zero-order valence-corrected chi connectivity index (χ0v) is 13.8. The number of carbonyl (C=O) groups excluding carboxylic acids is 2. The first kappa shape index (κ1) is 16.3. The molecule has 0 radical (unpaired) electrons. The van der Waals surface area contributed by atoms with E-state index in [2.05, 4.69) is 11.9 Å². The van der Waals surface area contributed by atoms with Gasteiger partial charge in [0.2, 0.25) is 5.91 Å². The molecule has 0 spiro atoms. The van der Waals surface area contributed by atoms with Crippen molar-refractivity contribution >= 4 is 17.5 Å². The van der Waals surface area contributed by atoms with E-state index in [4.69, 9.17) is 0 Å². The predicted molar refractivity (Wildman–Crippen MR) is 91.5 cm³/mol. The molecule has 0 aliphatic carbocycles. The van der Waals surface area contributed by atoms with E-state index in [-0.39, 0.29) is 24.3 Å². The zero-order valence-electron chi connectivity index (χ0n) is 13.8. The lowest BCUT2D eigenvalue weighted by Gasteiger charge is -2.14. The molecule has 5 nitrogen and oxygen atoms in total. The van der Waals surface area contributed by atoms with Crippen molar-refractivity contribution in [2.24, 2.45) is 0 Å².